The van der Waals surface area contributed by atoms with Crippen LogP contribution in [-0.2, 0) is 6.42 Å². The molecule has 1 rings (SSSR count). The lowest BCUT2D eigenvalue weighted by atomic mass is 10.3. The fourth-order valence-corrected chi connectivity index (χ4v) is 1.44. The number of hydrogen-bond acceptors (Lipinski definition) is 4. The van der Waals surface area contributed by atoms with E-state index in [1.807, 2.05) is 18.7 Å². The lowest BCUT2D eigenvalue weighted by Crippen LogP contribution is -2.27. The predicted molar refractivity (Wildman–Crippen MR) is 62.4 cm³/mol. The Morgan fingerprint density at radius 3 is 2.88 bits per heavy atom. The first-order chi connectivity index (χ1) is 7.71. The van der Waals surface area contributed by atoms with Crippen LogP contribution in [0.2, 0.25) is 0 Å². The molecule has 0 radical (unpaired) electrons. The number of hydrogen-bond donors (Lipinski definition) is 1. The first kappa shape index (κ1) is 12.2. The molecule has 0 bridgehead atoms. The second-order valence-corrected chi connectivity index (χ2v) is 3.39. The van der Waals surface area contributed by atoms with Crippen LogP contribution in [0.4, 0.5) is 5.82 Å². The van der Waals surface area contributed by atoms with Gasteiger partial charge in [-0.15, -0.1) is 0 Å². The molecular weight excluding hydrogens is 204 g/mol. The van der Waals surface area contributed by atoms with Crippen LogP contribution >= 0.6 is 0 Å². The number of aryl methyl sites for hydroxylation is 1. The monoisotopic (exact) mass is 220 g/mol. The summed E-state index contributed by atoms with van der Waals surface area (Å²) in [6.07, 6.45) is 1.13. The van der Waals surface area contributed by atoms with Gasteiger partial charge in [-0.1, -0.05) is 6.92 Å². The van der Waals surface area contributed by atoms with E-state index in [0.717, 1.165) is 6.54 Å². The van der Waals surface area contributed by atoms with Crippen LogP contribution in [0.1, 0.15) is 26.1 Å². The minimum absolute atomic E-state index is 0.141. The van der Waals surface area contributed by atoms with Gasteiger partial charge in [0.15, 0.2) is 0 Å². The quantitative estimate of drug-likeness (QED) is 0.805. The van der Waals surface area contributed by atoms with Crippen molar-refractivity contribution in [2.24, 2.45) is 0 Å². The van der Waals surface area contributed by atoms with Gasteiger partial charge in [0.1, 0.15) is 11.6 Å². The fraction of sp³-hybridized carbons (Fsp3) is 0.545. The van der Waals surface area contributed by atoms with Crippen molar-refractivity contribution in [3.8, 4) is 6.07 Å². The molecule has 0 fully saturated rings. The second kappa shape index (κ2) is 5.91. The van der Waals surface area contributed by atoms with E-state index >= 15 is 0 Å². The van der Waals surface area contributed by atoms with Gasteiger partial charge >= 0.3 is 0 Å². The van der Waals surface area contributed by atoms with Gasteiger partial charge in [-0.25, -0.2) is 4.98 Å². The van der Waals surface area contributed by atoms with Crippen LogP contribution in [-0.4, -0.2) is 23.1 Å². The van der Waals surface area contributed by atoms with Gasteiger partial charge in [0.05, 0.1) is 12.5 Å². The third-order valence-electron chi connectivity index (χ3n) is 2.31. The lowest BCUT2D eigenvalue weighted by molar-refractivity contribution is 0.791. The molecule has 0 aliphatic rings. The summed E-state index contributed by atoms with van der Waals surface area (Å²) in [5, 5.41) is 8.55. The summed E-state index contributed by atoms with van der Waals surface area (Å²) in [6.45, 7) is 5.26. The van der Waals surface area contributed by atoms with Crippen molar-refractivity contribution in [3.63, 3.8) is 0 Å². The van der Waals surface area contributed by atoms with Crippen molar-refractivity contribution < 1.29 is 0 Å². The molecule has 0 aromatic carbocycles. The van der Waals surface area contributed by atoms with Crippen molar-refractivity contribution in [2.45, 2.75) is 26.7 Å². The van der Waals surface area contributed by atoms with E-state index < -0.39 is 0 Å². The van der Waals surface area contributed by atoms with Gasteiger partial charge < -0.3 is 9.88 Å². The molecule has 0 aliphatic carbocycles. The molecule has 1 aromatic heterocycles. The van der Waals surface area contributed by atoms with Crippen molar-refractivity contribution >= 4 is 5.82 Å². The van der Waals surface area contributed by atoms with Crippen LogP contribution in [0.5, 0.6) is 0 Å². The zero-order chi connectivity index (χ0) is 12.0. The molecule has 5 nitrogen and oxygen atoms in total. The van der Waals surface area contributed by atoms with E-state index in [2.05, 4.69) is 16.0 Å². The number of anilines is 1. The van der Waals surface area contributed by atoms with E-state index in [0.29, 0.717) is 31.0 Å². The van der Waals surface area contributed by atoms with E-state index in [-0.39, 0.29) is 5.56 Å². The average Bonchev–Trinajstić information content (AvgIpc) is 2.29. The molecule has 0 amide bonds. The van der Waals surface area contributed by atoms with E-state index in [9.17, 15) is 4.79 Å². The summed E-state index contributed by atoms with van der Waals surface area (Å²) in [5.41, 5.74) is -0.141. The molecule has 0 unspecified atom stereocenters. The standard InChI is InChI=1S/C11H16N4O/c1-3-9-13-10(8-11(16)14-9)15(4-2)7-5-6-12/h8H,3-5,7H2,1-2H3,(H,13,14,16). The molecule has 0 atom stereocenters. The minimum Gasteiger partial charge on any atom is -0.356 e. The molecular formula is C11H16N4O. The Balaban J connectivity index is 2.96. The summed E-state index contributed by atoms with van der Waals surface area (Å²) >= 11 is 0. The summed E-state index contributed by atoms with van der Waals surface area (Å²) in [4.78, 5) is 20.3. The molecule has 1 N–H and O–H groups in total. The molecule has 0 spiro atoms. The lowest BCUT2D eigenvalue weighted by Gasteiger charge is -2.20. The molecule has 5 heteroatoms. The van der Waals surface area contributed by atoms with Crippen LogP contribution in [0.15, 0.2) is 10.9 Å². The van der Waals surface area contributed by atoms with E-state index in [4.69, 9.17) is 5.26 Å². The number of nitriles is 1. The van der Waals surface area contributed by atoms with Crippen molar-refractivity contribution in [1.82, 2.24) is 9.97 Å². The van der Waals surface area contributed by atoms with Crippen LogP contribution < -0.4 is 10.5 Å². The smallest absolute Gasteiger partial charge is 0.252 e. The zero-order valence-corrected chi connectivity index (χ0v) is 9.66. The molecule has 1 aromatic rings. The highest BCUT2D eigenvalue weighted by molar-refractivity contribution is 5.37. The summed E-state index contributed by atoms with van der Waals surface area (Å²) in [5.74, 6) is 1.33. The van der Waals surface area contributed by atoms with Crippen LogP contribution in [0.25, 0.3) is 0 Å². The van der Waals surface area contributed by atoms with Gasteiger partial charge in [0.2, 0.25) is 0 Å². The van der Waals surface area contributed by atoms with Gasteiger partial charge in [-0.3, -0.25) is 4.79 Å². The van der Waals surface area contributed by atoms with Crippen molar-refractivity contribution in [2.75, 3.05) is 18.0 Å². The summed E-state index contributed by atoms with van der Waals surface area (Å²) in [7, 11) is 0. The highest BCUT2D eigenvalue weighted by atomic mass is 16.1. The maximum atomic E-state index is 11.4. The Kier molecular flexibility index (Phi) is 4.52. The second-order valence-electron chi connectivity index (χ2n) is 3.39. The van der Waals surface area contributed by atoms with Crippen LogP contribution in [0, 0.1) is 11.3 Å². The summed E-state index contributed by atoms with van der Waals surface area (Å²) in [6, 6.07) is 3.56. The van der Waals surface area contributed by atoms with Gasteiger partial charge in [-0.2, -0.15) is 5.26 Å². The number of nitrogens with zero attached hydrogens (tertiary/aromatic N) is 3. The topological polar surface area (TPSA) is 72.8 Å². The third-order valence-corrected chi connectivity index (χ3v) is 2.31. The molecule has 16 heavy (non-hydrogen) atoms. The third kappa shape index (κ3) is 3.09. The highest BCUT2D eigenvalue weighted by Crippen LogP contribution is 2.08. The zero-order valence-electron chi connectivity index (χ0n) is 9.66. The number of aromatic nitrogens is 2. The highest BCUT2D eigenvalue weighted by Gasteiger charge is 2.07. The van der Waals surface area contributed by atoms with Gasteiger partial charge in [0, 0.05) is 25.6 Å². The van der Waals surface area contributed by atoms with E-state index in [1.165, 1.54) is 6.07 Å². The Morgan fingerprint density at radius 1 is 1.56 bits per heavy atom. The number of aromatic amines is 1. The maximum Gasteiger partial charge on any atom is 0.252 e. The minimum atomic E-state index is -0.141. The predicted octanol–water partition coefficient (Wildman–Crippen LogP) is 1.07. The first-order valence-corrected chi connectivity index (χ1v) is 5.43. The summed E-state index contributed by atoms with van der Waals surface area (Å²) < 4.78 is 0. The normalized spacial score (nSPS) is 9.81. The Labute approximate surface area is 94.7 Å². The molecule has 0 saturated heterocycles. The molecule has 86 valence electrons. The van der Waals surface area contributed by atoms with Gasteiger partial charge in [-0.05, 0) is 6.92 Å². The average molecular weight is 220 g/mol. The Hall–Kier alpha value is -1.83. The van der Waals surface area contributed by atoms with Gasteiger partial charge in [0.25, 0.3) is 5.56 Å². The maximum absolute atomic E-state index is 11.4. The SMILES string of the molecule is CCc1nc(N(CC)CCC#N)cc(=O)[nH]1. The van der Waals surface area contributed by atoms with Crippen LogP contribution in [0.3, 0.4) is 0 Å². The molecule has 0 saturated carbocycles. The largest absolute Gasteiger partial charge is 0.356 e. The number of H-pyrrole nitrogens is 1. The van der Waals surface area contributed by atoms with Crippen molar-refractivity contribution in [3.05, 3.63) is 22.2 Å². The van der Waals surface area contributed by atoms with E-state index in [1.54, 1.807) is 0 Å². The fourth-order valence-electron chi connectivity index (χ4n) is 1.44. The number of rotatable bonds is 5. The Bertz CT molecular complexity index is 432. The van der Waals surface area contributed by atoms with Crippen molar-refractivity contribution in [1.29, 1.82) is 5.26 Å². The molecule has 1 heterocycles. The number of nitrogens with one attached hydrogen (secondary N) is 1. The Morgan fingerprint density at radius 2 is 2.31 bits per heavy atom. The molecule has 0 aliphatic heterocycles. The first-order valence-electron chi connectivity index (χ1n) is 5.43.